The fraction of sp³-hybridized carbons (Fsp3) is 0.278. The molecule has 0 fully saturated rings. The van der Waals surface area contributed by atoms with Crippen LogP contribution in [0.3, 0.4) is 0 Å². The normalized spacial score (nSPS) is 20.0. The molecule has 1 aliphatic carbocycles. The van der Waals surface area contributed by atoms with Crippen LogP contribution in [0.15, 0.2) is 35.3 Å². The molecule has 0 spiro atoms. The third kappa shape index (κ3) is 2.50. The van der Waals surface area contributed by atoms with E-state index >= 15 is 0 Å². The van der Waals surface area contributed by atoms with Gasteiger partial charge in [-0.2, -0.15) is 0 Å². The number of nitrogens with one attached hydrogen (secondary N) is 1. The lowest BCUT2D eigenvalue weighted by Gasteiger charge is -2.24. The molecule has 5 heteroatoms. The summed E-state index contributed by atoms with van der Waals surface area (Å²) in [5.74, 6) is 0.443. The van der Waals surface area contributed by atoms with E-state index in [0.717, 1.165) is 29.1 Å². The maximum Gasteiger partial charge on any atom is 0.194 e. The summed E-state index contributed by atoms with van der Waals surface area (Å²) in [7, 11) is 0. The highest BCUT2D eigenvalue weighted by molar-refractivity contribution is 7.99. The summed E-state index contributed by atoms with van der Waals surface area (Å²) in [5, 5.41) is 6.57. The van der Waals surface area contributed by atoms with E-state index < -0.39 is 0 Å². The van der Waals surface area contributed by atoms with Gasteiger partial charge in [-0.05, 0) is 59.6 Å². The number of benzene rings is 2. The first-order chi connectivity index (χ1) is 11.2. The van der Waals surface area contributed by atoms with Crippen molar-refractivity contribution in [2.45, 2.75) is 24.6 Å². The Hall–Kier alpha value is -1.65. The largest absolute Gasteiger partial charge is 0.370 e. The lowest BCUT2D eigenvalue weighted by atomic mass is 9.86. The monoisotopic (exact) mass is 343 g/mol. The number of rotatable bonds is 2. The summed E-state index contributed by atoms with van der Waals surface area (Å²) >= 11 is 8.32. The molecule has 0 saturated heterocycles. The standard InChI is InChI=1S/C18H18ClN3S/c1-23-15-9-14(21-18(20)22-15)17-12-7-3-5-10-4-2-6-11(16(10)12)8-13(17)19/h3,5,7-9,15H,2,4,6H2,1H3,(H3,20,21,22). The van der Waals surface area contributed by atoms with Crippen LogP contribution in [-0.2, 0) is 12.8 Å². The van der Waals surface area contributed by atoms with Crippen molar-refractivity contribution in [3.8, 4) is 0 Å². The second kappa shape index (κ2) is 5.77. The number of aliphatic imine (C=N–C) groups is 1. The Balaban J connectivity index is 1.97. The second-order valence-corrected chi connectivity index (χ2v) is 7.29. The van der Waals surface area contributed by atoms with Gasteiger partial charge < -0.3 is 11.1 Å². The number of halogens is 1. The number of nitrogens with two attached hydrogens (primary N) is 1. The third-order valence-electron chi connectivity index (χ3n) is 4.52. The first-order valence-electron chi connectivity index (χ1n) is 7.75. The van der Waals surface area contributed by atoms with Crippen LogP contribution in [0.5, 0.6) is 0 Å². The summed E-state index contributed by atoms with van der Waals surface area (Å²) in [4.78, 5) is 4.38. The molecular formula is C18H18ClN3S. The number of aryl methyl sites for hydroxylation is 2. The predicted octanol–water partition coefficient (Wildman–Crippen LogP) is 3.93. The van der Waals surface area contributed by atoms with Crippen LogP contribution in [-0.4, -0.2) is 17.6 Å². The lowest BCUT2D eigenvalue weighted by Crippen LogP contribution is -2.34. The molecule has 3 N–H and O–H groups in total. The number of nitrogens with zero attached hydrogens (tertiary/aromatic N) is 1. The lowest BCUT2D eigenvalue weighted by molar-refractivity contribution is 0.808. The van der Waals surface area contributed by atoms with Crippen molar-refractivity contribution in [2.24, 2.45) is 10.7 Å². The smallest absolute Gasteiger partial charge is 0.194 e. The summed E-state index contributed by atoms with van der Waals surface area (Å²) in [6.45, 7) is 0. The number of thioether (sulfide) groups is 1. The van der Waals surface area contributed by atoms with E-state index in [0.29, 0.717) is 5.96 Å². The summed E-state index contributed by atoms with van der Waals surface area (Å²) in [5.41, 5.74) is 10.7. The minimum Gasteiger partial charge on any atom is -0.370 e. The minimum atomic E-state index is 0.0214. The van der Waals surface area contributed by atoms with Crippen LogP contribution in [0.1, 0.15) is 23.1 Å². The number of hydrogen-bond donors (Lipinski definition) is 2. The Morgan fingerprint density at radius 1 is 1.30 bits per heavy atom. The molecule has 1 unspecified atom stereocenters. The Bertz CT molecular complexity index is 857. The molecule has 2 aromatic rings. The summed E-state index contributed by atoms with van der Waals surface area (Å²) in [6.07, 6.45) is 7.54. The van der Waals surface area contributed by atoms with E-state index in [4.69, 9.17) is 17.3 Å². The highest BCUT2D eigenvalue weighted by Crippen LogP contribution is 2.39. The Morgan fingerprint density at radius 2 is 2.13 bits per heavy atom. The fourth-order valence-corrected chi connectivity index (χ4v) is 4.38. The maximum absolute atomic E-state index is 6.67. The van der Waals surface area contributed by atoms with Gasteiger partial charge in [0.25, 0.3) is 0 Å². The van der Waals surface area contributed by atoms with Crippen LogP contribution in [0.25, 0.3) is 16.5 Å². The molecule has 0 radical (unpaired) electrons. The quantitative estimate of drug-likeness (QED) is 0.868. The molecular weight excluding hydrogens is 326 g/mol. The zero-order valence-electron chi connectivity index (χ0n) is 12.9. The average Bonchev–Trinajstić information content (AvgIpc) is 2.54. The SMILES string of the molecule is CSC1C=C(c2c(Cl)cc3c4c(cccc24)CCC3)NC(N)=N1. The third-order valence-corrected chi connectivity index (χ3v) is 5.54. The van der Waals surface area contributed by atoms with Gasteiger partial charge in [0, 0.05) is 11.3 Å². The first-order valence-corrected chi connectivity index (χ1v) is 9.42. The Labute approximate surface area is 145 Å². The first kappa shape index (κ1) is 14.9. The van der Waals surface area contributed by atoms with Gasteiger partial charge in [-0.15, -0.1) is 11.8 Å². The van der Waals surface area contributed by atoms with E-state index in [9.17, 15) is 0 Å². The predicted molar refractivity (Wildman–Crippen MR) is 101 cm³/mol. The van der Waals surface area contributed by atoms with Gasteiger partial charge in [-0.3, -0.25) is 0 Å². The molecule has 1 aliphatic heterocycles. The number of hydrogen-bond acceptors (Lipinski definition) is 4. The van der Waals surface area contributed by atoms with Gasteiger partial charge in [-0.1, -0.05) is 29.8 Å². The molecule has 0 bridgehead atoms. The molecule has 0 aromatic heterocycles. The topological polar surface area (TPSA) is 50.4 Å². The van der Waals surface area contributed by atoms with Gasteiger partial charge in [0.15, 0.2) is 5.96 Å². The molecule has 23 heavy (non-hydrogen) atoms. The molecule has 2 aromatic carbocycles. The molecule has 2 aliphatic rings. The summed E-state index contributed by atoms with van der Waals surface area (Å²) in [6, 6.07) is 8.64. The van der Waals surface area contributed by atoms with Crippen LogP contribution >= 0.6 is 23.4 Å². The van der Waals surface area contributed by atoms with Crippen LogP contribution in [0.4, 0.5) is 0 Å². The molecule has 1 atom stereocenters. The van der Waals surface area contributed by atoms with Gasteiger partial charge in [0.1, 0.15) is 5.37 Å². The van der Waals surface area contributed by atoms with Gasteiger partial charge in [0.2, 0.25) is 0 Å². The van der Waals surface area contributed by atoms with Crippen molar-refractivity contribution in [3.63, 3.8) is 0 Å². The van der Waals surface area contributed by atoms with Crippen molar-refractivity contribution < 1.29 is 0 Å². The zero-order chi connectivity index (χ0) is 16.0. The minimum absolute atomic E-state index is 0.0214. The Kier molecular flexibility index (Phi) is 3.74. The van der Waals surface area contributed by atoms with Crippen molar-refractivity contribution in [3.05, 3.63) is 52.1 Å². The highest BCUT2D eigenvalue weighted by Gasteiger charge is 2.22. The van der Waals surface area contributed by atoms with Crippen LogP contribution in [0, 0.1) is 0 Å². The second-order valence-electron chi connectivity index (χ2n) is 5.93. The molecule has 0 saturated carbocycles. The van der Waals surface area contributed by atoms with Crippen LogP contribution < -0.4 is 11.1 Å². The van der Waals surface area contributed by atoms with Crippen LogP contribution in [0.2, 0.25) is 5.02 Å². The van der Waals surface area contributed by atoms with E-state index in [-0.39, 0.29) is 5.37 Å². The van der Waals surface area contributed by atoms with Crippen molar-refractivity contribution in [1.29, 1.82) is 0 Å². The average molecular weight is 344 g/mol. The van der Waals surface area contributed by atoms with E-state index in [1.165, 1.54) is 28.3 Å². The molecule has 0 amide bonds. The van der Waals surface area contributed by atoms with Crippen molar-refractivity contribution in [2.75, 3.05) is 6.26 Å². The van der Waals surface area contributed by atoms with Crippen molar-refractivity contribution in [1.82, 2.24) is 5.32 Å². The number of guanidine groups is 1. The molecule has 4 rings (SSSR count). The zero-order valence-corrected chi connectivity index (χ0v) is 14.5. The molecule has 3 nitrogen and oxygen atoms in total. The van der Waals surface area contributed by atoms with E-state index in [2.05, 4.69) is 40.7 Å². The van der Waals surface area contributed by atoms with Crippen molar-refractivity contribution >= 4 is 45.8 Å². The van der Waals surface area contributed by atoms with E-state index in [1.54, 1.807) is 11.8 Å². The maximum atomic E-state index is 6.67. The van der Waals surface area contributed by atoms with Gasteiger partial charge in [-0.25, -0.2) is 4.99 Å². The van der Waals surface area contributed by atoms with E-state index in [1.807, 2.05) is 6.26 Å². The fourth-order valence-electron chi connectivity index (χ4n) is 3.56. The highest BCUT2D eigenvalue weighted by atomic mass is 35.5. The van der Waals surface area contributed by atoms with Gasteiger partial charge >= 0.3 is 0 Å². The molecule has 1 heterocycles. The summed E-state index contributed by atoms with van der Waals surface area (Å²) < 4.78 is 0. The Morgan fingerprint density at radius 3 is 2.96 bits per heavy atom. The van der Waals surface area contributed by atoms with Gasteiger partial charge in [0.05, 0.1) is 5.02 Å². The molecule has 118 valence electrons.